The van der Waals surface area contributed by atoms with E-state index in [1.165, 1.54) is 22.3 Å². The van der Waals surface area contributed by atoms with Crippen molar-refractivity contribution in [3.8, 4) is 0 Å². The van der Waals surface area contributed by atoms with Gasteiger partial charge in [0.2, 0.25) is 0 Å². The first-order valence-electron chi connectivity index (χ1n) is 4.77. The van der Waals surface area contributed by atoms with Gasteiger partial charge in [-0.05, 0) is 18.5 Å². The fourth-order valence-electron chi connectivity index (χ4n) is 1.64. The molecule has 0 amide bonds. The van der Waals surface area contributed by atoms with Crippen molar-refractivity contribution < 1.29 is 0 Å². The van der Waals surface area contributed by atoms with Crippen LogP contribution in [0.25, 0.3) is 0 Å². The monoisotopic (exact) mass is 229 g/mol. The summed E-state index contributed by atoms with van der Waals surface area (Å²) in [5.41, 5.74) is 6.90. The summed E-state index contributed by atoms with van der Waals surface area (Å²) in [5, 5.41) is 1.97. The predicted molar refractivity (Wildman–Crippen MR) is 65.4 cm³/mol. The molecule has 5 heteroatoms. The van der Waals surface area contributed by atoms with Crippen molar-refractivity contribution in [2.75, 3.05) is 29.5 Å². The quantitative estimate of drug-likeness (QED) is 0.799. The van der Waals surface area contributed by atoms with E-state index in [2.05, 4.69) is 23.1 Å². The number of aromatic nitrogens is 1. The van der Waals surface area contributed by atoms with E-state index in [9.17, 15) is 0 Å². The maximum atomic E-state index is 5.75. The minimum absolute atomic E-state index is 0.691. The average molecular weight is 229 g/mol. The SMILES string of the molecule is Cc1c(N)nsc1N1CCSC(C)C1. The first-order valence-corrected chi connectivity index (χ1v) is 6.59. The molecule has 1 fully saturated rings. The molecule has 0 radical (unpaired) electrons. The highest BCUT2D eigenvalue weighted by atomic mass is 32.2. The third-order valence-corrected chi connectivity index (χ3v) is 4.63. The molecule has 1 saturated heterocycles. The summed E-state index contributed by atoms with van der Waals surface area (Å²) in [6, 6.07) is 0. The number of hydrogen-bond acceptors (Lipinski definition) is 5. The van der Waals surface area contributed by atoms with Crippen LogP contribution in [0, 0.1) is 6.92 Å². The Balaban J connectivity index is 2.18. The lowest BCUT2D eigenvalue weighted by molar-refractivity contribution is 0.787. The molecule has 78 valence electrons. The van der Waals surface area contributed by atoms with Gasteiger partial charge in [-0.1, -0.05) is 6.92 Å². The van der Waals surface area contributed by atoms with Crippen molar-refractivity contribution in [2.24, 2.45) is 0 Å². The van der Waals surface area contributed by atoms with Gasteiger partial charge in [-0.3, -0.25) is 0 Å². The van der Waals surface area contributed by atoms with E-state index < -0.39 is 0 Å². The molecular weight excluding hydrogens is 214 g/mol. The Kier molecular flexibility index (Phi) is 2.88. The van der Waals surface area contributed by atoms with Gasteiger partial charge in [0.25, 0.3) is 0 Å². The maximum Gasteiger partial charge on any atom is 0.142 e. The molecule has 3 nitrogen and oxygen atoms in total. The Morgan fingerprint density at radius 1 is 1.57 bits per heavy atom. The van der Waals surface area contributed by atoms with Crippen LogP contribution in [0.5, 0.6) is 0 Å². The van der Waals surface area contributed by atoms with Crippen LogP contribution in [0.3, 0.4) is 0 Å². The summed E-state index contributed by atoms with van der Waals surface area (Å²) < 4.78 is 4.19. The van der Waals surface area contributed by atoms with Gasteiger partial charge in [-0.25, -0.2) is 0 Å². The Morgan fingerprint density at radius 3 is 2.93 bits per heavy atom. The van der Waals surface area contributed by atoms with Crippen molar-refractivity contribution in [1.82, 2.24) is 4.37 Å². The molecule has 1 unspecified atom stereocenters. The van der Waals surface area contributed by atoms with E-state index >= 15 is 0 Å². The van der Waals surface area contributed by atoms with Crippen LogP contribution in [-0.4, -0.2) is 28.5 Å². The smallest absolute Gasteiger partial charge is 0.142 e. The molecule has 1 aromatic heterocycles. The van der Waals surface area contributed by atoms with Crippen LogP contribution < -0.4 is 10.6 Å². The second kappa shape index (κ2) is 3.98. The highest BCUT2D eigenvalue weighted by molar-refractivity contribution is 8.00. The number of thioether (sulfide) groups is 1. The van der Waals surface area contributed by atoms with Crippen molar-refractivity contribution in [2.45, 2.75) is 19.1 Å². The summed E-state index contributed by atoms with van der Waals surface area (Å²) in [4.78, 5) is 2.41. The van der Waals surface area contributed by atoms with Crippen molar-refractivity contribution in [3.05, 3.63) is 5.56 Å². The number of nitrogen functional groups attached to an aromatic ring is 1. The fraction of sp³-hybridized carbons (Fsp3) is 0.667. The van der Waals surface area contributed by atoms with Gasteiger partial charge in [-0.15, -0.1) is 0 Å². The first-order chi connectivity index (χ1) is 6.68. The number of rotatable bonds is 1. The summed E-state index contributed by atoms with van der Waals surface area (Å²) in [7, 11) is 0. The van der Waals surface area contributed by atoms with Gasteiger partial charge in [0.05, 0.1) is 0 Å². The third kappa shape index (κ3) is 1.83. The molecule has 0 bridgehead atoms. The number of anilines is 2. The highest BCUT2D eigenvalue weighted by Gasteiger charge is 2.20. The molecule has 14 heavy (non-hydrogen) atoms. The zero-order chi connectivity index (χ0) is 10.1. The maximum absolute atomic E-state index is 5.75. The lowest BCUT2D eigenvalue weighted by Gasteiger charge is -2.31. The Bertz CT molecular complexity index is 324. The van der Waals surface area contributed by atoms with Gasteiger partial charge in [0, 0.05) is 29.7 Å². The first kappa shape index (κ1) is 10.1. The third-order valence-electron chi connectivity index (χ3n) is 2.46. The van der Waals surface area contributed by atoms with Crippen molar-refractivity contribution in [3.63, 3.8) is 0 Å². The molecule has 0 spiro atoms. The zero-order valence-electron chi connectivity index (χ0n) is 8.49. The van der Waals surface area contributed by atoms with Crippen LogP contribution in [0.1, 0.15) is 12.5 Å². The molecule has 1 aromatic rings. The Labute approximate surface area is 92.8 Å². The van der Waals surface area contributed by atoms with Crippen LogP contribution in [0.2, 0.25) is 0 Å². The second-order valence-electron chi connectivity index (χ2n) is 3.63. The summed E-state index contributed by atoms with van der Waals surface area (Å²) in [6.45, 7) is 6.57. The van der Waals surface area contributed by atoms with E-state index in [4.69, 9.17) is 5.73 Å². The molecule has 0 saturated carbocycles. The van der Waals surface area contributed by atoms with Gasteiger partial charge < -0.3 is 10.6 Å². The molecule has 1 atom stereocenters. The molecule has 1 aliphatic heterocycles. The molecule has 2 rings (SSSR count). The second-order valence-corrected chi connectivity index (χ2v) is 5.92. The van der Waals surface area contributed by atoms with Gasteiger partial charge in [0.15, 0.2) is 0 Å². The number of nitrogens with zero attached hydrogens (tertiary/aromatic N) is 2. The van der Waals surface area contributed by atoms with Gasteiger partial charge in [-0.2, -0.15) is 16.1 Å². The standard InChI is InChI=1S/C9H15N3S2/c1-6-5-12(3-4-13-6)9-7(2)8(10)11-14-9/h6H,3-5H2,1-2H3,(H2,10,11). The number of hydrogen-bond donors (Lipinski definition) is 1. The summed E-state index contributed by atoms with van der Waals surface area (Å²) >= 11 is 3.57. The minimum atomic E-state index is 0.691. The molecule has 0 aliphatic carbocycles. The van der Waals surface area contributed by atoms with E-state index in [0.717, 1.165) is 18.7 Å². The van der Waals surface area contributed by atoms with Crippen LogP contribution in [0.15, 0.2) is 0 Å². The summed E-state index contributed by atoms with van der Waals surface area (Å²) in [5.74, 6) is 1.90. The molecule has 2 heterocycles. The average Bonchev–Trinajstić information content (AvgIpc) is 2.48. The fourth-order valence-corrected chi connectivity index (χ4v) is 3.49. The largest absolute Gasteiger partial charge is 0.383 e. The van der Waals surface area contributed by atoms with Crippen LogP contribution in [-0.2, 0) is 0 Å². The zero-order valence-corrected chi connectivity index (χ0v) is 10.1. The van der Waals surface area contributed by atoms with Crippen molar-refractivity contribution in [1.29, 1.82) is 0 Å². The van der Waals surface area contributed by atoms with Crippen molar-refractivity contribution >= 4 is 34.1 Å². The van der Waals surface area contributed by atoms with Crippen LogP contribution >= 0.6 is 23.3 Å². The normalized spacial score (nSPS) is 22.7. The van der Waals surface area contributed by atoms with E-state index in [1.54, 1.807) is 0 Å². The van der Waals surface area contributed by atoms with Crippen LogP contribution in [0.4, 0.5) is 10.8 Å². The number of nitrogens with two attached hydrogens (primary N) is 1. The molecular formula is C9H15N3S2. The summed E-state index contributed by atoms with van der Waals surface area (Å²) in [6.07, 6.45) is 0. The Hall–Kier alpha value is -0.420. The molecule has 2 N–H and O–H groups in total. The minimum Gasteiger partial charge on any atom is -0.383 e. The topological polar surface area (TPSA) is 42.1 Å². The predicted octanol–water partition coefficient (Wildman–Crippen LogP) is 1.98. The lowest BCUT2D eigenvalue weighted by Crippen LogP contribution is -2.36. The van der Waals surface area contributed by atoms with Gasteiger partial charge >= 0.3 is 0 Å². The molecule has 0 aromatic carbocycles. The van der Waals surface area contributed by atoms with E-state index in [1.807, 2.05) is 11.8 Å². The Morgan fingerprint density at radius 2 is 2.36 bits per heavy atom. The van der Waals surface area contributed by atoms with E-state index in [-0.39, 0.29) is 0 Å². The van der Waals surface area contributed by atoms with Gasteiger partial charge in [0.1, 0.15) is 10.8 Å². The van der Waals surface area contributed by atoms with E-state index in [0.29, 0.717) is 11.1 Å². The molecule has 1 aliphatic rings. The highest BCUT2D eigenvalue weighted by Crippen LogP contribution is 2.32. The lowest BCUT2D eigenvalue weighted by atomic mass is 10.3.